The quantitative estimate of drug-likeness (QED) is 0.398. The first-order valence-electron chi connectivity index (χ1n) is 8.80. The molecule has 0 unspecified atom stereocenters. The van der Waals surface area contributed by atoms with Gasteiger partial charge in [0.15, 0.2) is 0 Å². The standard InChI is InChI=1S/C17H33NO5/c1-2-3-4-5-6-7-8-9-12-23-13-10-11-18(14-16(19)20)15-17(21)22/h2-15H2,1H3,(H,19,20)(H,21,22). The van der Waals surface area contributed by atoms with Crippen LogP contribution in [0.3, 0.4) is 0 Å². The van der Waals surface area contributed by atoms with Gasteiger partial charge in [0.1, 0.15) is 0 Å². The monoisotopic (exact) mass is 331 g/mol. The van der Waals surface area contributed by atoms with E-state index < -0.39 is 11.9 Å². The molecule has 0 aliphatic rings. The molecule has 0 heterocycles. The molecule has 6 heteroatoms. The van der Waals surface area contributed by atoms with Crippen molar-refractivity contribution in [2.75, 3.05) is 32.8 Å². The maximum Gasteiger partial charge on any atom is 0.317 e. The van der Waals surface area contributed by atoms with Gasteiger partial charge in [0.25, 0.3) is 0 Å². The van der Waals surface area contributed by atoms with E-state index in [2.05, 4.69) is 6.92 Å². The predicted molar refractivity (Wildman–Crippen MR) is 89.8 cm³/mol. The molecule has 136 valence electrons. The van der Waals surface area contributed by atoms with Gasteiger partial charge in [0.05, 0.1) is 13.1 Å². The number of rotatable bonds is 17. The zero-order valence-corrected chi connectivity index (χ0v) is 14.5. The summed E-state index contributed by atoms with van der Waals surface area (Å²) in [5.41, 5.74) is 0. The molecule has 0 aromatic rings. The first-order valence-corrected chi connectivity index (χ1v) is 8.80. The molecule has 0 aliphatic heterocycles. The normalized spacial score (nSPS) is 11.0. The minimum Gasteiger partial charge on any atom is -0.480 e. The van der Waals surface area contributed by atoms with Crippen LogP contribution in [-0.4, -0.2) is 59.9 Å². The summed E-state index contributed by atoms with van der Waals surface area (Å²) in [7, 11) is 0. The van der Waals surface area contributed by atoms with Crippen LogP contribution in [-0.2, 0) is 14.3 Å². The SMILES string of the molecule is CCCCCCCCCCOCCCN(CC(=O)O)CC(=O)O. The van der Waals surface area contributed by atoms with Gasteiger partial charge in [-0.25, -0.2) is 0 Å². The Labute approximate surface area is 139 Å². The molecular weight excluding hydrogens is 298 g/mol. The van der Waals surface area contributed by atoms with Gasteiger partial charge in [-0.3, -0.25) is 14.5 Å². The molecule has 2 N–H and O–H groups in total. The molecule has 23 heavy (non-hydrogen) atoms. The summed E-state index contributed by atoms with van der Waals surface area (Å²) < 4.78 is 5.52. The van der Waals surface area contributed by atoms with E-state index in [0.717, 1.165) is 13.0 Å². The van der Waals surface area contributed by atoms with Crippen LogP contribution in [0.5, 0.6) is 0 Å². The van der Waals surface area contributed by atoms with Gasteiger partial charge in [-0.1, -0.05) is 51.9 Å². The van der Waals surface area contributed by atoms with E-state index in [1.54, 1.807) is 0 Å². The van der Waals surface area contributed by atoms with Crippen LogP contribution in [0.2, 0.25) is 0 Å². The zero-order chi connectivity index (χ0) is 17.3. The Morgan fingerprint density at radius 3 is 1.78 bits per heavy atom. The lowest BCUT2D eigenvalue weighted by Gasteiger charge is -2.17. The van der Waals surface area contributed by atoms with Gasteiger partial charge in [-0.15, -0.1) is 0 Å². The number of nitrogens with zero attached hydrogens (tertiary/aromatic N) is 1. The Balaban J connectivity index is 3.42. The fourth-order valence-corrected chi connectivity index (χ4v) is 2.43. The van der Waals surface area contributed by atoms with Crippen LogP contribution in [0.25, 0.3) is 0 Å². The van der Waals surface area contributed by atoms with Crippen LogP contribution < -0.4 is 0 Å². The molecule has 0 spiro atoms. The highest BCUT2D eigenvalue weighted by atomic mass is 16.5. The lowest BCUT2D eigenvalue weighted by Crippen LogP contribution is -2.35. The van der Waals surface area contributed by atoms with Gasteiger partial charge >= 0.3 is 11.9 Å². The van der Waals surface area contributed by atoms with Crippen molar-refractivity contribution in [3.05, 3.63) is 0 Å². The van der Waals surface area contributed by atoms with Crippen LogP contribution in [0.1, 0.15) is 64.7 Å². The van der Waals surface area contributed by atoms with E-state index in [4.69, 9.17) is 14.9 Å². The second kappa shape index (κ2) is 15.7. The lowest BCUT2D eigenvalue weighted by atomic mass is 10.1. The third-order valence-corrected chi connectivity index (χ3v) is 3.62. The van der Waals surface area contributed by atoms with Crippen molar-refractivity contribution in [1.82, 2.24) is 4.90 Å². The Morgan fingerprint density at radius 1 is 0.783 bits per heavy atom. The predicted octanol–water partition coefficient (Wildman–Crippen LogP) is 3.01. The van der Waals surface area contributed by atoms with Crippen LogP contribution in [0, 0.1) is 0 Å². The van der Waals surface area contributed by atoms with E-state index >= 15 is 0 Å². The minimum absolute atomic E-state index is 0.246. The largest absolute Gasteiger partial charge is 0.480 e. The highest BCUT2D eigenvalue weighted by molar-refractivity contribution is 5.72. The second-order valence-corrected chi connectivity index (χ2v) is 5.94. The summed E-state index contributed by atoms with van der Waals surface area (Å²) in [6, 6.07) is 0. The molecular formula is C17H33NO5. The molecule has 0 bridgehead atoms. The molecule has 0 radical (unpaired) electrons. The van der Waals surface area contributed by atoms with Crippen molar-refractivity contribution in [3.8, 4) is 0 Å². The van der Waals surface area contributed by atoms with Gasteiger partial charge in [0, 0.05) is 19.8 Å². The number of carbonyl (C=O) groups is 2. The van der Waals surface area contributed by atoms with Crippen molar-refractivity contribution < 1.29 is 24.5 Å². The van der Waals surface area contributed by atoms with Crippen molar-refractivity contribution >= 4 is 11.9 Å². The maximum absolute atomic E-state index is 10.6. The molecule has 0 aromatic carbocycles. The zero-order valence-electron chi connectivity index (χ0n) is 14.5. The molecule has 0 rings (SSSR count). The third-order valence-electron chi connectivity index (χ3n) is 3.62. The third kappa shape index (κ3) is 17.1. The summed E-state index contributed by atoms with van der Waals surface area (Å²) in [5, 5.41) is 17.4. The average molecular weight is 331 g/mol. The second-order valence-electron chi connectivity index (χ2n) is 5.94. The van der Waals surface area contributed by atoms with Crippen LogP contribution >= 0.6 is 0 Å². The van der Waals surface area contributed by atoms with E-state index in [9.17, 15) is 9.59 Å². The minimum atomic E-state index is -1.01. The summed E-state index contributed by atoms with van der Waals surface area (Å²) in [6.07, 6.45) is 10.8. The Kier molecular flexibility index (Phi) is 15.0. The Morgan fingerprint density at radius 2 is 1.26 bits per heavy atom. The highest BCUT2D eigenvalue weighted by Crippen LogP contribution is 2.08. The first kappa shape index (κ1) is 21.9. The van der Waals surface area contributed by atoms with E-state index in [1.165, 1.54) is 49.8 Å². The fourth-order valence-electron chi connectivity index (χ4n) is 2.43. The smallest absolute Gasteiger partial charge is 0.317 e. The van der Waals surface area contributed by atoms with E-state index in [1.807, 2.05) is 0 Å². The first-order chi connectivity index (χ1) is 11.1. The number of carboxylic acids is 2. The molecule has 6 nitrogen and oxygen atoms in total. The van der Waals surface area contributed by atoms with Gasteiger partial charge < -0.3 is 14.9 Å². The maximum atomic E-state index is 10.6. The molecule has 0 atom stereocenters. The number of ether oxygens (including phenoxy) is 1. The number of hydrogen-bond donors (Lipinski definition) is 2. The summed E-state index contributed by atoms with van der Waals surface area (Å²) in [6.45, 7) is 3.43. The van der Waals surface area contributed by atoms with Gasteiger partial charge in [-0.05, 0) is 12.8 Å². The van der Waals surface area contributed by atoms with Crippen molar-refractivity contribution in [3.63, 3.8) is 0 Å². The summed E-state index contributed by atoms with van der Waals surface area (Å²) >= 11 is 0. The molecule has 0 saturated carbocycles. The van der Waals surface area contributed by atoms with E-state index in [0.29, 0.717) is 19.6 Å². The van der Waals surface area contributed by atoms with Crippen molar-refractivity contribution in [2.45, 2.75) is 64.7 Å². The average Bonchev–Trinajstić information content (AvgIpc) is 2.47. The molecule has 0 amide bonds. The van der Waals surface area contributed by atoms with Gasteiger partial charge in [0.2, 0.25) is 0 Å². The highest BCUT2D eigenvalue weighted by Gasteiger charge is 2.12. The van der Waals surface area contributed by atoms with Crippen LogP contribution in [0.4, 0.5) is 0 Å². The van der Waals surface area contributed by atoms with Gasteiger partial charge in [-0.2, -0.15) is 0 Å². The van der Waals surface area contributed by atoms with Crippen molar-refractivity contribution in [1.29, 1.82) is 0 Å². The Bertz CT molecular complexity index is 293. The summed E-state index contributed by atoms with van der Waals surface area (Å²) in [5.74, 6) is -2.02. The number of unbranched alkanes of at least 4 members (excludes halogenated alkanes) is 7. The summed E-state index contributed by atoms with van der Waals surface area (Å²) in [4.78, 5) is 22.7. The molecule has 0 aliphatic carbocycles. The number of aliphatic carboxylic acids is 2. The Hall–Kier alpha value is -1.14. The van der Waals surface area contributed by atoms with E-state index in [-0.39, 0.29) is 13.1 Å². The lowest BCUT2D eigenvalue weighted by molar-refractivity contribution is -0.141. The number of hydrogen-bond acceptors (Lipinski definition) is 4. The topological polar surface area (TPSA) is 87.1 Å². The molecule has 0 aromatic heterocycles. The fraction of sp³-hybridized carbons (Fsp3) is 0.882. The molecule has 0 saturated heterocycles. The number of carboxylic acid groups (broad SMARTS) is 2. The van der Waals surface area contributed by atoms with Crippen LogP contribution in [0.15, 0.2) is 0 Å². The van der Waals surface area contributed by atoms with Crippen molar-refractivity contribution in [2.24, 2.45) is 0 Å². The molecule has 0 fully saturated rings.